The molecule has 3 aliphatic rings. The van der Waals surface area contributed by atoms with Crippen LogP contribution in [0.4, 0.5) is 22.7 Å². The second kappa shape index (κ2) is 14.2. The van der Waals surface area contributed by atoms with Crippen LogP contribution in [0.1, 0.15) is 11.1 Å². The third kappa shape index (κ3) is 6.72. The Hall–Kier alpha value is -7.46. The number of para-hydroxylation sites is 4. The lowest BCUT2D eigenvalue weighted by Crippen LogP contribution is -2.36. The maximum Gasteiger partial charge on any atom is 0.229 e. The normalized spacial score (nSPS) is 15.8. The first-order chi connectivity index (χ1) is 25.3. The number of carbonyl (C=O) groups excluding carboxylic acids is 6. The van der Waals surface area contributed by atoms with Gasteiger partial charge in [-0.3, -0.25) is 28.8 Å². The average Bonchev–Trinajstić information content (AvgIpc) is 3.16. The Morgan fingerprint density at radius 1 is 0.346 bits per heavy atom. The van der Waals surface area contributed by atoms with E-state index in [0.29, 0.717) is 33.9 Å². The molecule has 252 valence electrons. The monoisotopic (exact) mass is 684 g/mol. The Kier molecular flexibility index (Phi) is 9.01. The lowest BCUT2D eigenvalue weighted by molar-refractivity contribution is -0.116. The molecule has 0 atom stereocenters. The minimum absolute atomic E-state index is 0.115. The molecule has 3 aliphatic carbocycles. The van der Waals surface area contributed by atoms with Gasteiger partial charge in [0.1, 0.15) is 22.8 Å². The molecule has 4 aromatic carbocycles. The van der Waals surface area contributed by atoms with E-state index in [1.54, 1.807) is 109 Å². The summed E-state index contributed by atoms with van der Waals surface area (Å²) in [5.41, 5.74) is 2.08. The van der Waals surface area contributed by atoms with Crippen molar-refractivity contribution in [1.29, 1.82) is 0 Å². The topological polar surface area (TPSA) is 151 Å². The van der Waals surface area contributed by atoms with Crippen molar-refractivity contribution in [2.45, 2.75) is 0 Å². The van der Waals surface area contributed by atoms with Crippen molar-refractivity contribution in [3.05, 3.63) is 180 Å². The molecule has 0 bridgehead atoms. The third-order valence-electron chi connectivity index (χ3n) is 8.35. The van der Waals surface area contributed by atoms with E-state index < -0.39 is 23.1 Å². The summed E-state index contributed by atoms with van der Waals surface area (Å²) in [6.07, 6.45) is 7.20. The first kappa shape index (κ1) is 33.1. The van der Waals surface area contributed by atoms with Gasteiger partial charge in [-0.05, 0) is 72.9 Å². The Bertz CT molecular complexity index is 2230. The van der Waals surface area contributed by atoms with Crippen molar-refractivity contribution in [1.82, 2.24) is 0 Å². The van der Waals surface area contributed by atoms with E-state index in [4.69, 9.17) is 0 Å². The molecule has 10 heteroatoms. The van der Waals surface area contributed by atoms with Gasteiger partial charge in [0, 0.05) is 45.0 Å². The second-order valence-corrected chi connectivity index (χ2v) is 11.8. The molecule has 0 heterocycles. The second-order valence-electron chi connectivity index (χ2n) is 11.8. The fraction of sp³-hybridized carbons (Fsp3) is 0. The number of ketones is 6. The molecule has 52 heavy (non-hydrogen) atoms. The molecule has 4 aromatic rings. The zero-order valence-corrected chi connectivity index (χ0v) is 27.3. The Morgan fingerprint density at radius 3 is 1.10 bits per heavy atom. The van der Waals surface area contributed by atoms with E-state index in [1.165, 1.54) is 36.5 Å². The van der Waals surface area contributed by atoms with Gasteiger partial charge in [-0.2, -0.15) is 0 Å². The Balaban J connectivity index is 1.38. The van der Waals surface area contributed by atoms with Crippen LogP contribution in [0.3, 0.4) is 0 Å². The summed E-state index contributed by atoms with van der Waals surface area (Å²) >= 11 is 0. The number of anilines is 4. The fourth-order valence-electron chi connectivity index (χ4n) is 5.88. The van der Waals surface area contributed by atoms with Gasteiger partial charge in [0.15, 0.2) is 23.1 Å². The molecule has 7 rings (SSSR count). The van der Waals surface area contributed by atoms with E-state index in [0.717, 1.165) is 0 Å². The van der Waals surface area contributed by atoms with E-state index in [9.17, 15) is 28.8 Å². The number of Topliss-reactive ketones (excluding diaryl/α,β-unsaturated/α-hetero) is 2. The van der Waals surface area contributed by atoms with Crippen LogP contribution < -0.4 is 21.3 Å². The van der Waals surface area contributed by atoms with Crippen LogP contribution in [-0.2, 0) is 28.8 Å². The van der Waals surface area contributed by atoms with E-state index in [-0.39, 0.29) is 45.5 Å². The van der Waals surface area contributed by atoms with Crippen LogP contribution in [0.5, 0.6) is 0 Å². The summed E-state index contributed by atoms with van der Waals surface area (Å²) in [5.74, 6) is -2.75. The van der Waals surface area contributed by atoms with Crippen molar-refractivity contribution in [3.63, 3.8) is 0 Å². The summed E-state index contributed by atoms with van der Waals surface area (Å²) in [7, 11) is 0. The van der Waals surface area contributed by atoms with Crippen molar-refractivity contribution >= 4 is 68.6 Å². The first-order valence-corrected chi connectivity index (χ1v) is 16.2. The van der Waals surface area contributed by atoms with Crippen molar-refractivity contribution in [3.8, 4) is 0 Å². The molecule has 4 N–H and O–H groups in total. The van der Waals surface area contributed by atoms with Gasteiger partial charge in [-0.15, -0.1) is 0 Å². The summed E-state index contributed by atoms with van der Waals surface area (Å²) in [6, 6.07) is 31.0. The average molecular weight is 685 g/mol. The first-order valence-electron chi connectivity index (χ1n) is 16.2. The van der Waals surface area contributed by atoms with E-state index in [2.05, 4.69) is 21.3 Å². The zero-order chi connectivity index (χ0) is 36.2. The van der Waals surface area contributed by atoms with Crippen molar-refractivity contribution < 1.29 is 28.8 Å². The standard InChI is InChI=1S/C42H28N4O6/c47-27-19-21-35(49)31(23-27)29-15-7-9-17-33(29)45-39-37(43-25-11-3-1-4-12-25)41(51)40(38(42(39)52)44-26-13-5-2-6-14-26)46-34-18-10-8-16-30(34)32-24-28(48)20-22-36(32)50/h1-24,43-46H. The summed E-state index contributed by atoms with van der Waals surface area (Å²) in [6.45, 7) is 0. The highest BCUT2D eigenvalue weighted by atomic mass is 16.2. The maximum atomic E-state index is 14.8. The molecule has 0 aromatic heterocycles. The molecule has 0 spiro atoms. The van der Waals surface area contributed by atoms with Gasteiger partial charge >= 0.3 is 0 Å². The predicted molar refractivity (Wildman–Crippen MR) is 199 cm³/mol. The Morgan fingerprint density at radius 2 is 0.692 bits per heavy atom. The molecular weight excluding hydrogens is 656 g/mol. The van der Waals surface area contributed by atoms with Gasteiger partial charge in [0.25, 0.3) is 0 Å². The van der Waals surface area contributed by atoms with Crippen LogP contribution in [0, 0.1) is 0 Å². The number of rotatable bonds is 10. The molecule has 0 radical (unpaired) electrons. The minimum atomic E-state index is -0.623. The fourth-order valence-corrected chi connectivity index (χ4v) is 5.88. The van der Waals surface area contributed by atoms with Crippen LogP contribution in [0.2, 0.25) is 0 Å². The third-order valence-corrected chi connectivity index (χ3v) is 8.35. The van der Waals surface area contributed by atoms with Gasteiger partial charge in [0.2, 0.25) is 11.6 Å². The molecular formula is C42H28N4O6. The number of hydrogen-bond acceptors (Lipinski definition) is 10. The smallest absolute Gasteiger partial charge is 0.229 e. The molecule has 0 saturated carbocycles. The minimum Gasteiger partial charge on any atom is -0.350 e. The number of carbonyl (C=O) groups is 6. The molecule has 0 saturated heterocycles. The Labute approximate surface area is 297 Å². The SMILES string of the molecule is O=C1C=CC(=O)C(c2ccccc2NC2=C(Nc3ccccc3)C(=O)C(Nc3ccccc3C3=CC(=O)C=CC3=O)=C(Nc3ccccc3)C2=O)=C1. The van der Waals surface area contributed by atoms with Gasteiger partial charge in [-0.1, -0.05) is 72.8 Å². The van der Waals surface area contributed by atoms with Crippen LogP contribution >= 0.6 is 0 Å². The molecule has 0 fully saturated rings. The zero-order valence-electron chi connectivity index (χ0n) is 27.3. The van der Waals surface area contributed by atoms with Gasteiger partial charge in [0.05, 0.1) is 0 Å². The quantitative estimate of drug-likeness (QED) is 0.142. The lowest BCUT2D eigenvalue weighted by atomic mass is 9.93. The van der Waals surface area contributed by atoms with Crippen LogP contribution in [-0.4, -0.2) is 34.7 Å². The largest absolute Gasteiger partial charge is 0.350 e. The van der Waals surface area contributed by atoms with Crippen LogP contribution in [0.15, 0.2) is 168 Å². The maximum absolute atomic E-state index is 14.8. The molecule has 10 nitrogen and oxygen atoms in total. The van der Waals surface area contributed by atoms with Crippen molar-refractivity contribution in [2.24, 2.45) is 0 Å². The predicted octanol–water partition coefficient (Wildman–Crippen LogP) is 6.19. The number of hydrogen-bond donors (Lipinski definition) is 4. The highest BCUT2D eigenvalue weighted by molar-refractivity contribution is 6.36. The van der Waals surface area contributed by atoms with E-state index >= 15 is 0 Å². The molecule has 0 unspecified atom stereocenters. The summed E-state index contributed by atoms with van der Waals surface area (Å²) in [4.78, 5) is 80.0. The number of allylic oxidation sites excluding steroid dienone is 8. The van der Waals surface area contributed by atoms with Crippen LogP contribution in [0.25, 0.3) is 11.1 Å². The highest BCUT2D eigenvalue weighted by Crippen LogP contribution is 2.35. The highest BCUT2D eigenvalue weighted by Gasteiger charge is 2.37. The number of benzene rings is 4. The van der Waals surface area contributed by atoms with Gasteiger partial charge in [-0.25, -0.2) is 0 Å². The number of nitrogens with one attached hydrogen (secondary N) is 4. The van der Waals surface area contributed by atoms with Crippen molar-refractivity contribution in [2.75, 3.05) is 21.3 Å². The molecule has 0 aliphatic heterocycles. The van der Waals surface area contributed by atoms with Gasteiger partial charge < -0.3 is 21.3 Å². The summed E-state index contributed by atoms with van der Waals surface area (Å²) < 4.78 is 0. The molecule has 0 amide bonds. The van der Waals surface area contributed by atoms with E-state index in [1.807, 2.05) is 0 Å². The summed E-state index contributed by atoms with van der Waals surface area (Å²) in [5, 5.41) is 12.5. The lowest BCUT2D eigenvalue weighted by Gasteiger charge is -2.28.